The molecule has 0 bridgehead atoms. The fraction of sp³-hybridized carbons (Fsp3) is 0.667. The van der Waals surface area contributed by atoms with Gasteiger partial charge in [0.25, 0.3) is 0 Å². The first-order valence-corrected chi connectivity index (χ1v) is 2.93. The molecule has 0 aliphatic carbocycles. The average molecular weight is 145 g/mol. The number of methoxy groups -OCH3 is 1. The fourth-order valence-corrected chi connectivity index (χ4v) is 0.497. The third kappa shape index (κ3) is 2.05. The van der Waals surface area contributed by atoms with Crippen LogP contribution < -0.4 is 0 Å². The zero-order valence-corrected chi connectivity index (χ0v) is 6.29. The number of nitrogens with zero attached hydrogens (tertiary/aromatic N) is 1. The molecule has 58 valence electrons. The van der Waals surface area contributed by atoms with Crippen LogP contribution in [0.2, 0.25) is 0 Å². The van der Waals surface area contributed by atoms with E-state index in [4.69, 9.17) is 5.21 Å². The number of oxime groups is 1. The number of carbonyl (C=O) groups excluding carboxylic acids is 1. The first-order valence-electron chi connectivity index (χ1n) is 2.93. The van der Waals surface area contributed by atoms with Gasteiger partial charge >= 0.3 is 5.97 Å². The summed E-state index contributed by atoms with van der Waals surface area (Å²) in [5.41, 5.74) is 0.0440. The third-order valence-electron chi connectivity index (χ3n) is 1.05. The Morgan fingerprint density at radius 3 is 2.20 bits per heavy atom. The molecule has 0 aromatic rings. The lowest BCUT2D eigenvalue weighted by Crippen LogP contribution is -2.21. The van der Waals surface area contributed by atoms with Crippen LogP contribution in [0.5, 0.6) is 0 Å². The van der Waals surface area contributed by atoms with E-state index in [1.807, 2.05) is 0 Å². The molecule has 0 atom stereocenters. The third-order valence-corrected chi connectivity index (χ3v) is 1.05. The van der Waals surface area contributed by atoms with Crippen LogP contribution in [-0.4, -0.2) is 24.0 Å². The molecule has 0 radical (unpaired) electrons. The van der Waals surface area contributed by atoms with Crippen LogP contribution in [0.15, 0.2) is 5.16 Å². The number of carbonyl (C=O) groups is 1. The Morgan fingerprint density at radius 1 is 1.60 bits per heavy atom. The first-order chi connectivity index (χ1) is 4.63. The number of hydrogen-bond acceptors (Lipinski definition) is 4. The van der Waals surface area contributed by atoms with E-state index in [1.54, 1.807) is 13.8 Å². The van der Waals surface area contributed by atoms with Gasteiger partial charge in [-0.1, -0.05) is 19.0 Å². The van der Waals surface area contributed by atoms with Crippen molar-refractivity contribution in [3.63, 3.8) is 0 Å². The maximum atomic E-state index is 10.7. The molecule has 0 aromatic heterocycles. The van der Waals surface area contributed by atoms with Gasteiger partial charge < -0.3 is 9.94 Å². The van der Waals surface area contributed by atoms with Crippen molar-refractivity contribution < 1.29 is 14.7 Å². The summed E-state index contributed by atoms with van der Waals surface area (Å²) in [6, 6.07) is 0. The van der Waals surface area contributed by atoms with Crippen molar-refractivity contribution in [2.24, 2.45) is 11.1 Å². The molecule has 4 heteroatoms. The van der Waals surface area contributed by atoms with Crippen LogP contribution in [0.4, 0.5) is 0 Å². The van der Waals surface area contributed by atoms with Crippen molar-refractivity contribution in [1.82, 2.24) is 0 Å². The molecule has 0 heterocycles. The van der Waals surface area contributed by atoms with Gasteiger partial charge in [0.15, 0.2) is 5.71 Å². The minimum Gasteiger partial charge on any atom is -0.464 e. The minimum atomic E-state index is -0.586. The highest BCUT2D eigenvalue weighted by molar-refractivity contribution is 6.36. The van der Waals surface area contributed by atoms with Crippen LogP contribution in [0.3, 0.4) is 0 Å². The largest absolute Gasteiger partial charge is 0.464 e. The summed E-state index contributed by atoms with van der Waals surface area (Å²) in [5.74, 6) is -0.699. The summed E-state index contributed by atoms with van der Waals surface area (Å²) in [6.45, 7) is 3.48. The van der Waals surface area contributed by atoms with Gasteiger partial charge in [-0.15, -0.1) is 0 Å². The number of esters is 1. The molecule has 0 saturated carbocycles. The van der Waals surface area contributed by atoms with Gasteiger partial charge in [0.1, 0.15) is 0 Å². The highest BCUT2D eigenvalue weighted by Gasteiger charge is 2.15. The normalized spacial score (nSPS) is 11.8. The summed E-state index contributed by atoms with van der Waals surface area (Å²) in [5, 5.41) is 11.1. The van der Waals surface area contributed by atoms with E-state index >= 15 is 0 Å². The van der Waals surface area contributed by atoms with Crippen LogP contribution in [-0.2, 0) is 9.53 Å². The number of rotatable bonds is 2. The Balaban J connectivity index is 4.24. The van der Waals surface area contributed by atoms with Crippen LogP contribution in [0.25, 0.3) is 0 Å². The topological polar surface area (TPSA) is 58.9 Å². The summed E-state index contributed by atoms with van der Waals surface area (Å²) in [7, 11) is 1.25. The molecule has 0 aromatic carbocycles. The molecule has 10 heavy (non-hydrogen) atoms. The van der Waals surface area contributed by atoms with Gasteiger partial charge in [0, 0.05) is 5.92 Å². The quantitative estimate of drug-likeness (QED) is 0.268. The minimum absolute atomic E-state index is 0.0440. The van der Waals surface area contributed by atoms with Crippen LogP contribution >= 0.6 is 0 Å². The van der Waals surface area contributed by atoms with E-state index < -0.39 is 5.97 Å². The van der Waals surface area contributed by atoms with Gasteiger partial charge in [0.05, 0.1) is 7.11 Å². The first kappa shape index (κ1) is 8.94. The van der Waals surface area contributed by atoms with Crippen LogP contribution in [0, 0.1) is 5.92 Å². The lowest BCUT2D eigenvalue weighted by atomic mass is 10.1. The van der Waals surface area contributed by atoms with Crippen molar-refractivity contribution >= 4 is 11.7 Å². The van der Waals surface area contributed by atoms with E-state index in [0.29, 0.717) is 0 Å². The molecular weight excluding hydrogens is 134 g/mol. The smallest absolute Gasteiger partial charge is 0.356 e. The van der Waals surface area contributed by atoms with Gasteiger partial charge in [-0.05, 0) is 0 Å². The van der Waals surface area contributed by atoms with Gasteiger partial charge in [0.2, 0.25) is 0 Å². The zero-order chi connectivity index (χ0) is 8.15. The predicted molar refractivity (Wildman–Crippen MR) is 36.1 cm³/mol. The highest BCUT2D eigenvalue weighted by Crippen LogP contribution is 1.97. The number of ether oxygens (including phenoxy) is 1. The lowest BCUT2D eigenvalue weighted by Gasteiger charge is -2.03. The van der Waals surface area contributed by atoms with Crippen molar-refractivity contribution in [2.75, 3.05) is 7.11 Å². The van der Waals surface area contributed by atoms with Crippen LogP contribution in [0.1, 0.15) is 13.8 Å². The van der Waals surface area contributed by atoms with E-state index in [0.717, 1.165) is 0 Å². The average Bonchev–Trinajstić information content (AvgIpc) is 1.88. The molecule has 0 spiro atoms. The summed E-state index contributed by atoms with van der Waals surface area (Å²) in [4.78, 5) is 10.7. The highest BCUT2D eigenvalue weighted by atomic mass is 16.5. The Kier molecular flexibility index (Phi) is 3.46. The van der Waals surface area contributed by atoms with Gasteiger partial charge in [-0.3, -0.25) is 0 Å². The molecule has 0 aliphatic rings. The Morgan fingerprint density at radius 2 is 2.10 bits per heavy atom. The summed E-state index contributed by atoms with van der Waals surface area (Å²) in [6.07, 6.45) is 0. The van der Waals surface area contributed by atoms with Gasteiger partial charge in [-0.25, -0.2) is 4.79 Å². The fourth-order valence-electron chi connectivity index (χ4n) is 0.497. The summed E-state index contributed by atoms with van der Waals surface area (Å²) >= 11 is 0. The second-order valence-corrected chi connectivity index (χ2v) is 2.13. The second-order valence-electron chi connectivity index (χ2n) is 2.13. The van der Waals surface area contributed by atoms with Crippen molar-refractivity contribution in [2.45, 2.75) is 13.8 Å². The van der Waals surface area contributed by atoms with Crippen molar-refractivity contribution in [3.8, 4) is 0 Å². The SMILES string of the molecule is COC(=O)/C(=N\O)C(C)C. The molecule has 0 saturated heterocycles. The zero-order valence-electron chi connectivity index (χ0n) is 6.29. The molecule has 1 N–H and O–H groups in total. The summed E-state index contributed by atoms with van der Waals surface area (Å²) < 4.78 is 4.33. The molecule has 0 amide bonds. The van der Waals surface area contributed by atoms with E-state index in [-0.39, 0.29) is 11.6 Å². The maximum absolute atomic E-state index is 10.7. The van der Waals surface area contributed by atoms with E-state index in [1.165, 1.54) is 7.11 Å². The van der Waals surface area contributed by atoms with Crippen molar-refractivity contribution in [3.05, 3.63) is 0 Å². The van der Waals surface area contributed by atoms with Gasteiger partial charge in [-0.2, -0.15) is 0 Å². The van der Waals surface area contributed by atoms with Crippen molar-refractivity contribution in [1.29, 1.82) is 0 Å². The van der Waals surface area contributed by atoms with E-state index in [9.17, 15) is 4.79 Å². The predicted octanol–water partition coefficient (Wildman–Crippen LogP) is 0.646. The number of hydrogen-bond donors (Lipinski definition) is 1. The standard InChI is InChI=1S/C6H11NO3/c1-4(2)5(7-9)6(8)10-3/h4,9H,1-3H3/b7-5-. The maximum Gasteiger partial charge on any atom is 0.356 e. The molecule has 4 nitrogen and oxygen atoms in total. The van der Waals surface area contributed by atoms with E-state index in [2.05, 4.69) is 9.89 Å². The molecule has 0 unspecified atom stereocenters. The molecule has 0 aliphatic heterocycles. The Labute approximate surface area is 59.5 Å². The molecule has 0 fully saturated rings. The second kappa shape index (κ2) is 3.87. The monoisotopic (exact) mass is 145 g/mol. The molecule has 0 rings (SSSR count). The lowest BCUT2D eigenvalue weighted by molar-refractivity contribution is -0.133. The Hall–Kier alpha value is -1.06. The Bertz CT molecular complexity index is 151. The molecular formula is C6H11NO3.